The van der Waals surface area contributed by atoms with Crippen molar-refractivity contribution in [2.45, 2.75) is 30.4 Å². The maximum Gasteiger partial charge on any atom is 0.131 e. The second-order valence-electron chi connectivity index (χ2n) is 5.21. The number of ketones is 1. The molecule has 0 unspecified atom stereocenters. The van der Waals surface area contributed by atoms with Crippen molar-refractivity contribution in [3.63, 3.8) is 0 Å². The number of benzene rings is 1. The molecule has 2 rings (SSSR count). The second-order valence-corrected chi connectivity index (χ2v) is 5.62. The van der Waals surface area contributed by atoms with Crippen LogP contribution in [-0.2, 0) is 4.79 Å². The lowest BCUT2D eigenvalue weighted by Gasteiger charge is -2.34. The normalized spacial score (nSPS) is 24.3. The maximum atomic E-state index is 12.3. The van der Waals surface area contributed by atoms with E-state index in [1.807, 2.05) is 40.0 Å². The molecule has 82 valence electrons. The third-order valence-electron chi connectivity index (χ3n) is 3.56. The molecule has 1 fully saturated rings. The Labute approximate surface area is 103 Å². The average Bonchev–Trinajstić information content (AvgIpc) is 2.23. The van der Waals surface area contributed by atoms with Crippen LogP contribution in [0.1, 0.15) is 30.7 Å². The molecule has 0 aromatic heterocycles. The van der Waals surface area contributed by atoms with Crippen LogP contribution in [0, 0.1) is 0 Å². The highest BCUT2D eigenvalue weighted by Crippen LogP contribution is 2.42. The van der Waals surface area contributed by atoms with Crippen molar-refractivity contribution in [3.8, 4) is 0 Å². The molecule has 0 aliphatic heterocycles. The van der Waals surface area contributed by atoms with Crippen LogP contribution in [0.15, 0.2) is 24.3 Å². The van der Waals surface area contributed by atoms with E-state index in [1.165, 1.54) is 0 Å². The highest BCUT2D eigenvalue weighted by atomic mass is 35.5. The molecule has 1 aromatic rings. The van der Waals surface area contributed by atoms with E-state index in [0.29, 0.717) is 5.78 Å². The first-order chi connectivity index (χ1) is 7.52. The van der Waals surface area contributed by atoms with Gasteiger partial charge in [-0.3, -0.25) is 0 Å². The first kappa shape index (κ1) is 11.8. The Bertz CT molecular complexity index is 417. The van der Waals surface area contributed by atoms with Crippen molar-refractivity contribution in [1.29, 1.82) is 0 Å². The van der Waals surface area contributed by atoms with E-state index >= 15 is 0 Å². The lowest BCUT2D eigenvalue weighted by Crippen LogP contribution is -2.34. The zero-order chi connectivity index (χ0) is 11.8. The molecule has 4 heteroatoms. The third kappa shape index (κ3) is 2.06. The van der Waals surface area contributed by atoms with Crippen LogP contribution in [-0.4, -0.2) is 21.5 Å². The molecule has 1 aliphatic rings. The molecule has 1 aliphatic carbocycles. The third-order valence-corrected chi connectivity index (χ3v) is 3.90. The summed E-state index contributed by atoms with van der Waals surface area (Å²) in [5.41, 5.74) is 1.00. The van der Waals surface area contributed by atoms with E-state index < -0.39 is 0 Å². The van der Waals surface area contributed by atoms with Crippen molar-refractivity contribution in [1.82, 2.24) is 0 Å². The molecule has 1 aromatic carbocycles. The predicted molar refractivity (Wildman–Crippen MR) is 72.8 cm³/mol. The van der Waals surface area contributed by atoms with E-state index in [9.17, 15) is 4.79 Å². The lowest BCUT2D eigenvalue weighted by molar-refractivity contribution is -0.122. The lowest BCUT2D eigenvalue weighted by atomic mass is 9.46. The summed E-state index contributed by atoms with van der Waals surface area (Å²) in [6, 6.07) is 7.71. The zero-order valence-corrected chi connectivity index (χ0v) is 10.6. The Morgan fingerprint density at radius 1 is 1.31 bits per heavy atom. The molecule has 16 heavy (non-hydrogen) atoms. The van der Waals surface area contributed by atoms with Gasteiger partial charge in [-0.25, -0.2) is 0 Å². The number of Topliss-reactive ketones (excluding diaryl/α,β-unsaturated/α-hetero) is 1. The first-order valence-electron chi connectivity index (χ1n) is 5.81. The highest BCUT2D eigenvalue weighted by Gasteiger charge is 2.38. The molecule has 0 N–H and O–H groups in total. The van der Waals surface area contributed by atoms with Gasteiger partial charge in [0.2, 0.25) is 0 Å². The number of rotatable bonds is 1. The Hall–Kier alpha value is -0.690. The maximum absolute atomic E-state index is 12.3. The van der Waals surface area contributed by atoms with Crippen LogP contribution in [0.4, 0.5) is 0 Å². The van der Waals surface area contributed by atoms with Gasteiger partial charge in [-0.05, 0) is 23.3 Å². The van der Waals surface area contributed by atoms with E-state index in [1.54, 1.807) is 0 Å². The molecule has 0 spiro atoms. The molecular formula is C12H15B2ClO. The molecule has 0 heterocycles. The quantitative estimate of drug-likeness (QED) is 0.672. The molecule has 0 bridgehead atoms. The summed E-state index contributed by atoms with van der Waals surface area (Å²) in [6.45, 7) is 0. The van der Waals surface area contributed by atoms with Gasteiger partial charge in [0.25, 0.3) is 0 Å². The van der Waals surface area contributed by atoms with Crippen LogP contribution in [0.5, 0.6) is 0 Å². The van der Waals surface area contributed by atoms with Crippen molar-refractivity contribution in [2.24, 2.45) is 0 Å². The fourth-order valence-electron chi connectivity index (χ4n) is 2.53. The van der Waals surface area contributed by atoms with Gasteiger partial charge >= 0.3 is 0 Å². The van der Waals surface area contributed by atoms with Crippen molar-refractivity contribution in [3.05, 3.63) is 34.9 Å². The summed E-state index contributed by atoms with van der Waals surface area (Å²) < 4.78 is 0. The minimum absolute atomic E-state index is 0.00236. The SMILES string of the molecule is BC1(B)CCC[C@H](c2ccccc2Cl)C1=O. The molecule has 0 radical (unpaired) electrons. The number of hydrogen-bond donors (Lipinski definition) is 0. The summed E-state index contributed by atoms with van der Waals surface area (Å²) in [6.07, 6.45) is 3.04. The Balaban J connectivity index is 2.35. The molecule has 1 saturated carbocycles. The fourth-order valence-corrected chi connectivity index (χ4v) is 2.80. The second kappa shape index (κ2) is 4.29. The molecule has 1 atom stereocenters. The Morgan fingerprint density at radius 2 is 2.00 bits per heavy atom. The zero-order valence-electron chi connectivity index (χ0n) is 9.79. The summed E-state index contributed by atoms with van der Waals surface area (Å²) in [5.74, 6) is 0.337. The van der Waals surface area contributed by atoms with Crippen LogP contribution in [0.2, 0.25) is 10.2 Å². The average molecular weight is 232 g/mol. The monoisotopic (exact) mass is 232 g/mol. The van der Waals surface area contributed by atoms with Gasteiger partial charge in [-0.1, -0.05) is 42.6 Å². The van der Waals surface area contributed by atoms with Crippen molar-refractivity contribution >= 4 is 33.1 Å². The van der Waals surface area contributed by atoms with E-state index in [0.717, 1.165) is 29.8 Å². The van der Waals surface area contributed by atoms with Gasteiger partial charge in [-0.2, -0.15) is 0 Å². The standard InChI is InChI=1S/C12H15B2ClO/c13-12(14)7-3-5-9(11(12)16)8-4-1-2-6-10(8)15/h1-2,4,6,9H,3,5,7,13-14H2/t9-/m1/s1. The van der Waals surface area contributed by atoms with Crippen LogP contribution >= 0.6 is 11.6 Å². The van der Waals surface area contributed by atoms with Gasteiger partial charge in [0, 0.05) is 10.9 Å². The summed E-state index contributed by atoms with van der Waals surface area (Å²) >= 11 is 6.16. The van der Waals surface area contributed by atoms with Gasteiger partial charge < -0.3 is 4.79 Å². The van der Waals surface area contributed by atoms with Gasteiger partial charge in [0.15, 0.2) is 0 Å². The Kier molecular flexibility index (Phi) is 3.16. The van der Waals surface area contributed by atoms with Crippen molar-refractivity contribution < 1.29 is 4.79 Å². The van der Waals surface area contributed by atoms with Crippen molar-refractivity contribution in [2.75, 3.05) is 0 Å². The number of carbonyl (C=O) groups excluding carboxylic acids is 1. The van der Waals surface area contributed by atoms with Crippen LogP contribution in [0.3, 0.4) is 0 Å². The summed E-state index contributed by atoms with van der Waals surface area (Å²) in [5, 5.41) is 0.529. The predicted octanol–water partition coefficient (Wildman–Crippen LogP) is 1.56. The largest absolute Gasteiger partial charge is 0.300 e. The topological polar surface area (TPSA) is 17.1 Å². The minimum Gasteiger partial charge on any atom is -0.300 e. The van der Waals surface area contributed by atoms with Crippen LogP contribution < -0.4 is 0 Å². The Morgan fingerprint density at radius 3 is 2.69 bits per heavy atom. The van der Waals surface area contributed by atoms with E-state index in [-0.39, 0.29) is 11.1 Å². The number of carbonyl (C=O) groups is 1. The minimum atomic E-state index is -0.192. The highest BCUT2D eigenvalue weighted by molar-refractivity contribution is 6.51. The number of hydrogen-bond acceptors (Lipinski definition) is 1. The van der Waals surface area contributed by atoms with E-state index in [2.05, 4.69) is 0 Å². The fraction of sp³-hybridized carbons (Fsp3) is 0.417. The molecular weight excluding hydrogens is 217 g/mol. The molecule has 0 saturated heterocycles. The van der Waals surface area contributed by atoms with Gasteiger partial charge in [0.05, 0.1) is 0 Å². The van der Waals surface area contributed by atoms with E-state index in [4.69, 9.17) is 11.6 Å². The summed E-state index contributed by atoms with van der Waals surface area (Å²) in [4.78, 5) is 12.3. The first-order valence-corrected chi connectivity index (χ1v) is 6.19. The van der Waals surface area contributed by atoms with Gasteiger partial charge in [-0.15, -0.1) is 0 Å². The number of halogens is 1. The molecule has 1 nitrogen and oxygen atoms in total. The van der Waals surface area contributed by atoms with Gasteiger partial charge in [0.1, 0.15) is 21.5 Å². The molecule has 0 amide bonds. The van der Waals surface area contributed by atoms with Crippen LogP contribution in [0.25, 0.3) is 0 Å². The summed E-state index contributed by atoms with van der Waals surface area (Å²) in [7, 11) is 4.08. The smallest absolute Gasteiger partial charge is 0.131 e.